The number of hydrogen-bond donors (Lipinski definition) is 1. The molecule has 1 N–H and O–H groups in total. The zero-order chi connectivity index (χ0) is 14.9. The highest BCUT2D eigenvalue weighted by molar-refractivity contribution is 5.96. The SMILES string of the molecule is CCc1cc(C(=O)N2CCCCC2(C)C(=O)O)n(C)n1. The van der Waals surface area contributed by atoms with Crippen molar-refractivity contribution in [2.24, 2.45) is 7.05 Å². The molecule has 1 aliphatic heterocycles. The van der Waals surface area contributed by atoms with Crippen LogP contribution in [0.5, 0.6) is 0 Å². The van der Waals surface area contributed by atoms with Crippen molar-refractivity contribution in [2.75, 3.05) is 6.54 Å². The predicted octanol–water partition coefficient (Wildman–Crippen LogP) is 1.45. The van der Waals surface area contributed by atoms with Crippen LogP contribution in [-0.2, 0) is 18.3 Å². The summed E-state index contributed by atoms with van der Waals surface area (Å²) in [6.07, 6.45) is 2.91. The Morgan fingerprint density at radius 1 is 1.45 bits per heavy atom. The average Bonchev–Trinajstić information content (AvgIpc) is 2.79. The molecule has 110 valence electrons. The van der Waals surface area contributed by atoms with Crippen LogP contribution in [0.15, 0.2) is 6.07 Å². The Balaban J connectivity index is 2.35. The maximum atomic E-state index is 12.7. The van der Waals surface area contributed by atoms with E-state index in [1.807, 2.05) is 6.92 Å². The van der Waals surface area contributed by atoms with Gasteiger partial charge in [-0.2, -0.15) is 5.10 Å². The number of nitrogens with zero attached hydrogens (tertiary/aromatic N) is 3. The van der Waals surface area contributed by atoms with E-state index >= 15 is 0 Å². The third kappa shape index (κ3) is 2.30. The van der Waals surface area contributed by atoms with Crippen molar-refractivity contribution in [1.29, 1.82) is 0 Å². The lowest BCUT2D eigenvalue weighted by molar-refractivity contribution is -0.150. The van der Waals surface area contributed by atoms with Gasteiger partial charge in [0.15, 0.2) is 0 Å². The Hall–Kier alpha value is -1.85. The van der Waals surface area contributed by atoms with Crippen LogP contribution in [0.25, 0.3) is 0 Å². The molecule has 6 heteroatoms. The largest absolute Gasteiger partial charge is 0.480 e. The number of piperidine rings is 1. The van der Waals surface area contributed by atoms with Gasteiger partial charge < -0.3 is 10.0 Å². The summed E-state index contributed by atoms with van der Waals surface area (Å²) in [6, 6.07) is 1.75. The molecule has 0 spiro atoms. The highest BCUT2D eigenvalue weighted by Crippen LogP contribution is 2.29. The fourth-order valence-corrected chi connectivity index (χ4v) is 2.71. The minimum Gasteiger partial charge on any atom is -0.480 e. The second-order valence-corrected chi connectivity index (χ2v) is 5.49. The number of hydrogen-bond acceptors (Lipinski definition) is 3. The molecule has 1 aliphatic rings. The molecule has 20 heavy (non-hydrogen) atoms. The number of aryl methyl sites for hydroxylation is 2. The summed E-state index contributed by atoms with van der Waals surface area (Å²) < 4.78 is 1.54. The van der Waals surface area contributed by atoms with Crippen molar-refractivity contribution in [3.05, 3.63) is 17.5 Å². The zero-order valence-corrected chi connectivity index (χ0v) is 12.2. The number of carboxylic acid groups (broad SMARTS) is 1. The molecule has 1 aromatic rings. The molecule has 0 bridgehead atoms. The molecule has 1 fully saturated rings. The molecule has 6 nitrogen and oxygen atoms in total. The van der Waals surface area contributed by atoms with Gasteiger partial charge in [0.1, 0.15) is 11.2 Å². The van der Waals surface area contributed by atoms with E-state index in [9.17, 15) is 14.7 Å². The van der Waals surface area contributed by atoms with Gasteiger partial charge in [-0.15, -0.1) is 0 Å². The number of likely N-dealkylation sites (tertiary alicyclic amines) is 1. The van der Waals surface area contributed by atoms with Gasteiger partial charge >= 0.3 is 5.97 Å². The Kier molecular flexibility index (Phi) is 3.83. The minimum atomic E-state index is -1.12. The summed E-state index contributed by atoms with van der Waals surface area (Å²) in [7, 11) is 1.72. The van der Waals surface area contributed by atoms with Crippen molar-refractivity contribution in [3.63, 3.8) is 0 Å². The number of aliphatic carboxylic acids is 1. The van der Waals surface area contributed by atoms with Gasteiger partial charge in [-0.25, -0.2) is 4.79 Å². The van der Waals surface area contributed by atoms with Crippen molar-refractivity contribution >= 4 is 11.9 Å². The van der Waals surface area contributed by atoms with E-state index in [4.69, 9.17) is 0 Å². The molecule has 1 saturated heterocycles. The third-order valence-corrected chi connectivity index (χ3v) is 4.11. The van der Waals surface area contributed by atoms with Gasteiger partial charge in [0.2, 0.25) is 0 Å². The fourth-order valence-electron chi connectivity index (χ4n) is 2.71. The van der Waals surface area contributed by atoms with Gasteiger partial charge in [-0.3, -0.25) is 9.48 Å². The van der Waals surface area contributed by atoms with E-state index in [0.29, 0.717) is 18.7 Å². The summed E-state index contributed by atoms with van der Waals surface area (Å²) in [5.41, 5.74) is 0.174. The lowest BCUT2D eigenvalue weighted by Crippen LogP contribution is -2.57. The first-order chi connectivity index (χ1) is 9.40. The Bertz CT molecular complexity index is 538. The van der Waals surface area contributed by atoms with E-state index < -0.39 is 11.5 Å². The maximum Gasteiger partial charge on any atom is 0.329 e. The number of rotatable bonds is 3. The van der Waals surface area contributed by atoms with Gasteiger partial charge in [-0.1, -0.05) is 6.92 Å². The normalized spacial score (nSPS) is 22.9. The van der Waals surface area contributed by atoms with Crippen LogP contribution in [0.2, 0.25) is 0 Å². The summed E-state index contributed by atoms with van der Waals surface area (Å²) >= 11 is 0. The van der Waals surface area contributed by atoms with E-state index in [0.717, 1.165) is 25.0 Å². The van der Waals surface area contributed by atoms with Crippen molar-refractivity contribution in [3.8, 4) is 0 Å². The average molecular weight is 279 g/mol. The first-order valence-electron chi connectivity index (χ1n) is 6.98. The van der Waals surface area contributed by atoms with Crippen LogP contribution < -0.4 is 0 Å². The lowest BCUT2D eigenvalue weighted by atomic mass is 9.88. The summed E-state index contributed by atoms with van der Waals surface area (Å²) in [4.78, 5) is 25.7. The summed E-state index contributed by atoms with van der Waals surface area (Å²) in [5.74, 6) is -1.19. The highest BCUT2D eigenvalue weighted by Gasteiger charge is 2.44. The van der Waals surface area contributed by atoms with Gasteiger partial charge in [0.25, 0.3) is 5.91 Å². The van der Waals surface area contributed by atoms with E-state index in [1.165, 1.54) is 9.58 Å². The smallest absolute Gasteiger partial charge is 0.329 e. The van der Waals surface area contributed by atoms with Crippen LogP contribution >= 0.6 is 0 Å². The molecule has 0 saturated carbocycles. The van der Waals surface area contributed by atoms with Crippen LogP contribution in [0.1, 0.15) is 49.3 Å². The van der Waals surface area contributed by atoms with E-state index in [-0.39, 0.29) is 5.91 Å². The standard InChI is InChI=1S/C14H21N3O3/c1-4-10-9-11(16(3)15-10)12(18)17-8-6-5-7-14(17,2)13(19)20/h9H,4-8H2,1-3H3,(H,19,20). The first-order valence-corrected chi connectivity index (χ1v) is 6.98. The van der Waals surface area contributed by atoms with E-state index in [2.05, 4.69) is 5.10 Å². The Labute approximate surface area is 118 Å². The van der Waals surface area contributed by atoms with Crippen LogP contribution in [0.3, 0.4) is 0 Å². The predicted molar refractivity (Wildman–Crippen MR) is 73.5 cm³/mol. The number of carboxylic acids is 1. The van der Waals surface area contributed by atoms with Crippen molar-refractivity contribution in [2.45, 2.75) is 45.1 Å². The molecule has 0 aromatic carbocycles. The summed E-state index contributed by atoms with van der Waals surface area (Å²) in [5, 5.41) is 13.7. The topological polar surface area (TPSA) is 75.4 Å². The van der Waals surface area contributed by atoms with Crippen LogP contribution in [-0.4, -0.2) is 43.7 Å². The van der Waals surface area contributed by atoms with Crippen molar-refractivity contribution in [1.82, 2.24) is 14.7 Å². The quantitative estimate of drug-likeness (QED) is 0.908. The van der Waals surface area contributed by atoms with Crippen LogP contribution in [0, 0.1) is 0 Å². The molecular formula is C14H21N3O3. The second-order valence-electron chi connectivity index (χ2n) is 5.49. The second kappa shape index (κ2) is 5.26. The molecule has 1 atom stereocenters. The Morgan fingerprint density at radius 2 is 2.15 bits per heavy atom. The fraction of sp³-hybridized carbons (Fsp3) is 0.643. The van der Waals surface area contributed by atoms with Crippen LogP contribution in [0.4, 0.5) is 0 Å². The maximum absolute atomic E-state index is 12.7. The zero-order valence-electron chi connectivity index (χ0n) is 12.2. The van der Waals surface area contributed by atoms with Gasteiger partial charge in [-0.05, 0) is 38.7 Å². The molecule has 2 rings (SSSR count). The summed E-state index contributed by atoms with van der Waals surface area (Å²) in [6.45, 7) is 4.08. The van der Waals surface area contributed by atoms with Gasteiger partial charge in [0, 0.05) is 13.6 Å². The molecule has 2 heterocycles. The van der Waals surface area contributed by atoms with Gasteiger partial charge in [0.05, 0.1) is 5.69 Å². The number of carbonyl (C=O) groups excluding carboxylic acids is 1. The lowest BCUT2D eigenvalue weighted by Gasteiger charge is -2.41. The number of aromatic nitrogens is 2. The third-order valence-electron chi connectivity index (χ3n) is 4.11. The molecule has 1 unspecified atom stereocenters. The van der Waals surface area contributed by atoms with Crippen molar-refractivity contribution < 1.29 is 14.7 Å². The monoisotopic (exact) mass is 279 g/mol. The first kappa shape index (κ1) is 14.6. The molecular weight excluding hydrogens is 258 g/mol. The van der Waals surface area contributed by atoms with E-state index in [1.54, 1.807) is 20.0 Å². The minimum absolute atomic E-state index is 0.246. The highest BCUT2D eigenvalue weighted by atomic mass is 16.4. The number of carbonyl (C=O) groups is 2. The molecule has 0 aliphatic carbocycles. The molecule has 0 radical (unpaired) electrons. The molecule has 1 amide bonds. The number of amides is 1. The Morgan fingerprint density at radius 3 is 2.70 bits per heavy atom. The molecule has 1 aromatic heterocycles.